The molecule has 0 amide bonds. The van der Waals surface area contributed by atoms with Crippen LogP contribution in [0.15, 0.2) is 42.5 Å². The molecular weight excluding hydrogens is 274 g/mol. The van der Waals surface area contributed by atoms with Crippen LogP contribution in [0.1, 0.15) is 36.6 Å². The maximum Gasteiger partial charge on any atom is 0.161 e. The minimum Gasteiger partial charge on any atom is -0.493 e. The normalized spacial score (nSPS) is 12.3. The average Bonchev–Trinajstić information content (AvgIpc) is 2.53. The Kier molecular flexibility index (Phi) is 5.45. The Morgan fingerprint density at radius 2 is 1.45 bits per heavy atom. The van der Waals surface area contributed by atoms with Crippen LogP contribution in [-0.4, -0.2) is 14.2 Å². The van der Waals surface area contributed by atoms with E-state index >= 15 is 0 Å². The van der Waals surface area contributed by atoms with Crippen molar-refractivity contribution in [2.75, 3.05) is 14.2 Å². The molecule has 0 spiro atoms. The number of nitrogens with two attached hydrogens (primary N) is 1. The fourth-order valence-corrected chi connectivity index (χ4v) is 2.57. The number of ether oxygens (including phenoxy) is 2. The highest BCUT2D eigenvalue weighted by molar-refractivity contribution is 5.45. The van der Waals surface area contributed by atoms with Crippen molar-refractivity contribution in [2.24, 2.45) is 11.7 Å². The van der Waals surface area contributed by atoms with Crippen molar-refractivity contribution >= 4 is 0 Å². The van der Waals surface area contributed by atoms with E-state index in [-0.39, 0.29) is 6.04 Å². The highest BCUT2D eigenvalue weighted by atomic mass is 16.5. The molecule has 1 atom stereocenters. The van der Waals surface area contributed by atoms with E-state index in [4.69, 9.17) is 15.2 Å². The SMILES string of the molecule is COc1ccc(C(N)c2ccc(CC(C)C)cc2)cc1OC. The zero-order valence-electron chi connectivity index (χ0n) is 13.8. The van der Waals surface area contributed by atoms with Crippen LogP contribution in [0.4, 0.5) is 0 Å². The van der Waals surface area contributed by atoms with Crippen molar-refractivity contribution in [3.8, 4) is 11.5 Å². The van der Waals surface area contributed by atoms with Crippen LogP contribution in [-0.2, 0) is 6.42 Å². The molecule has 0 saturated carbocycles. The van der Waals surface area contributed by atoms with Crippen LogP contribution < -0.4 is 15.2 Å². The fraction of sp³-hybridized carbons (Fsp3) is 0.368. The van der Waals surface area contributed by atoms with Gasteiger partial charge in [0.1, 0.15) is 0 Å². The quantitative estimate of drug-likeness (QED) is 0.878. The number of rotatable bonds is 6. The highest BCUT2D eigenvalue weighted by Crippen LogP contribution is 2.31. The molecule has 22 heavy (non-hydrogen) atoms. The molecule has 0 aliphatic heterocycles. The predicted octanol–water partition coefficient (Wildman–Crippen LogP) is 3.95. The van der Waals surface area contributed by atoms with E-state index < -0.39 is 0 Å². The Morgan fingerprint density at radius 3 is 2.00 bits per heavy atom. The first-order valence-electron chi connectivity index (χ1n) is 7.61. The number of benzene rings is 2. The molecule has 0 saturated heterocycles. The summed E-state index contributed by atoms with van der Waals surface area (Å²) >= 11 is 0. The van der Waals surface area contributed by atoms with Gasteiger partial charge in [-0.1, -0.05) is 44.2 Å². The second kappa shape index (κ2) is 7.32. The van der Waals surface area contributed by atoms with Gasteiger partial charge in [-0.05, 0) is 41.2 Å². The summed E-state index contributed by atoms with van der Waals surface area (Å²) in [6, 6.07) is 14.2. The topological polar surface area (TPSA) is 44.5 Å². The van der Waals surface area contributed by atoms with Crippen LogP contribution in [0.3, 0.4) is 0 Å². The van der Waals surface area contributed by atoms with Crippen molar-refractivity contribution in [1.82, 2.24) is 0 Å². The highest BCUT2D eigenvalue weighted by Gasteiger charge is 2.12. The van der Waals surface area contributed by atoms with E-state index in [0.29, 0.717) is 17.4 Å². The van der Waals surface area contributed by atoms with Gasteiger partial charge in [0.25, 0.3) is 0 Å². The van der Waals surface area contributed by atoms with Gasteiger partial charge in [0.2, 0.25) is 0 Å². The summed E-state index contributed by atoms with van der Waals surface area (Å²) in [5.41, 5.74) is 9.84. The summed E-state index contributed by atoms with van der Waals surface area (Å²) in [4.78, 5) is 0. The van der Waals surface area contributed by atoms with Crippen molar-refractivity contribution in [2.45, 2.75) is 26.3 Å². The first-order valence-corrected chi connectivity index (χ1v) is 7.61. The molecule has 0 bridgehead atoms. The van der Waals surface area contributed by atoms with E-state index in [2.05, 4.69) is 38.1 Å². The molecule has 2 N–H and O–H groups in total. The lowest BCUT2D eigenvalue weighted by molar-refractivity contribution is 0.354. The van der Waals surface area contributed by atoms with Crippen LogP contribution in [0, 0.1) is 5.92 Å². The third-order valence-corrected chi connectivity index (χ3v) is 3.75. The van der Waals surface area contributed by atoms with Crippen molar-refractivity contribution < 1.29 is 9.47 Å². The Labute approximate surface area is 133 Å². The van der Waals surface area contributed by atoms with Gasteiger partial charge in [0.05, 0.1) is 20.3 Å². The van der Waals surface area contributed by atoms with Crippen molar-refractivity contribution in [3.05, 3.63) is 59.2 Å². The Balaban J connectivity index is 2.22. The van der Waals surface area contributed by atoms with Gasteiger partial charge in [-0.15, -0.1) is 0 Å². The molecule has 3 nitrogen and oxygen atoms in total. The van der Waals surface area contributed by atoms with E-state index in [0.717, 1.165) is 17.5 Å². The number of hydrogen-bond donors (Lipinski definition) is 1. The van der Waals surface area contributed by atoms with Crippen molar-refractivity contribution in [3.63, 3.8) is 0 Å². The van der Waals surface area contributed by atoms with E-state index in [1.165, 1.54) is 5.56 Å². The van der Waals surface area contributed by atoms with Crippen LogP contribution in [0.2, 0.25) is 0 Å². The maximum absolute atomic E-state index is 6.39. The first-order chi connectivity index (χ1) is 10.5. The average molecular weight is 299 g/mol. The fourth-order valence-electron chi connectivity index (χ4n) is 2.57. The lowest BCUT2D eigenvalue weighted by atomic mass is 9.96. The molecule has 0 radical (unpaired) electrons. The zero-order valence-corrected chi connectivity index (χ0v) is 13.8. The summed E-state index contributed by atoms with van der Waals surface area (Å²) in [7, 11) is 3.26. The predicted molar refractivity (Wildman–Crippen MR) is 90.6 cm³/mol. The molecule has 0 heterocycles. The van der Waals surface area contributed by atoms with Gasteiger partial charge in [-0.25, -0.2) is 0 Å². The summed E-state index contributed by atoms with van der Waals surface area (Å²) in [6.07, 6.45) is 1.09. The second-order valence-electron chi connectivity index (χ2n) is 5.93. The first kappa shape index (κ1) is 16.4. The van der Waals surface area contributed by atoms with Gasteiger partial charge < -0.3 is 15.2 Å². The van der Waals surface area contributed by atoms with Crippen molar-refractivity contribution in [1.29, 1.82) is 0 Å². The number of methoxy groups -OCH3 is 2. The standard InChI is InChI=1S/C19H25NO2/c1-13(2)11-14-5-7-15(8-6-14)19(20)16-9-10-17(21-3)18(12-16)22-4/h5-10,12-13,19H,11,20H2,1-4H3. The van der Waals surface area contributed by atoms with Crippen LogP contribution in [0.25, 0.3) is 0 Å². The van der Waals surface area contributed by atoms with Gasteiger partial charge in [0, 0.05) is 0 Å². The Morgan fingerprint density at radius 1 is 0.864 bits per heavy atom. The molecular formula is C19H25NO2. The zero-order chi connectivity index (χ0) is 16.1. The molecule has 0 aliphatic carbocycles. The van der Waals surface area contributed by atoms with Gasteiger partial charge >= 0.3 is 0 Å². The van der Waals surface area contributed by atoms with Crippen LogP contribution >= 0.6 is 0 Å². The van der Waals surface area contributed by atoms with Gasteiger partial charge in [-0.2, -0.15) is 0 Å². The van der Waals surface area contributed by atoms with Gasteiger partial charge in [0.15, 0.2) is 11.5 Å². The minimum absolute atomic E-state index is 0.173. The Hall–Kier alpha value is -2.00. The van der Waals surface area contributed by atoms with Gasteiger partial charge in [-0.3, -0.25) is 0 Å². The molecule has 0 aromatic heterocycles. The third-order valence-electron chi connectivity index (χ3n) is 3.75. The smallest absolute Gasteiger partial charge is 0.161 e. The third kappa shape index (κ3) is 3.80. The van der Waals surface area contributed by atoms with E-state index in [9.17, 15) is 0 Å². The largest absolute Gasteiger partial charge is 0.493 e. The summed E-state index contributed by atoms with van der Waals surface area (Å²) in [5.74, 6) is 2.07. The summed E-state index contributed by atoms with van der Waals surface area (Å²) in [5, 5.41) is 0. The van der Waals surface area contributed by atoms with Crippen LogP contribution in [0.5, 0.6) is 11.5 Å². The Bertz CT molecular complexity index is 605. The van der Waals surface area contributed by atoms with E-state index in [1.807, 2.05) is 18.2 Å². The maximum atomic E-state index is 6.39. The molecule has 3 heteroatoms. The molecule has 0 aliphatic rings. The summed E-state index contributed by atoms with van der Waals surface area (Å²) < 4.78 is 10.6. The molecule has 2 aromatic rings. The summed E-state index contributed by atoms with van der Waals surface area (Å²) in [6.45, 7) is 4.45. The lowest BCUT2D eigenvalue weighted by Gasteiger charge is -2.16. The molecule has 118 valence electrons. The molecule has 1 unspecified atom stereocenters. The number of hydrogen-bond acceptors (Lipinski definition) is 3. The monoisotopic (exact) mass is 299 g/mol. The molecule has 0 fully saturated rings. The minimum atomic E-state index is -0.173. The molecule has 2 aromatic carbocycles. The molecule has 2 rings (SSSR count). The lowest BCUT2D eigenvalue weighted by Crippen LogP contribution is -2.12. The van der Waals surface area contributed by atoms with E-state index in [1.54, 1.807) is 14.2 Å². The second-order valence-corrected chi connectivity index (χ2v) is 5.93.